The number of aromatic nitrogens is 5. The zero-order valence-electron chi connectivity index (χ0n) is 24.7. The van der Waals surface area contributed by atoms with Gasteiger partial charge in [-0.1, -0.05) is 44.2 Å². The van der Waals surface area contributed by atoms with Crippen LogP contribution in [0, 0.1) is 5.92 Å². The van der Waals surface area contributed by atoms with Crippen LogP contribution >= 0.6 is 11.8 Å². The third kappa shape index (κ3) is 8.67. The molecular formula is C30H42N8O3S. The molecule has 0 saturated carbocycles. The molecule has 1 aromatic carbocycles. The minimum Gasteiger partial charge on any atom is -0.344 e. The molecule has 0 radical (unpaired) electrons. The van der Waals surface area contributed by atoms with Crippen molar-refractivity contribution in [2.24, 2.45) is 5.92 Å². The van der Waals surface area contributed by atoms with Gasteiger partial charge < -0.3 is 15.5 Å². The highest BCUT2D eigenvalue weighted by atomic mass is 32.2. The number of hydrogen-bond acceptors (Lipinski definition) is 7. The molecule has 3 N–H and O–H groups in total. The zero-order chi connectivity index (χ0) is 29.9. The number of carbonyl (C=O) groups excluding carboxylic acids is 3. The number of nitrogens with one attached hydrogen (secondary N) is 3. The standard InChI is InChI=1S/C30H42N8O3S/c1-21(2)27-29-35-28(23-10-5-4-6-11-23)36-38(29)17-16-37(26(40)13-7-9-22-19-31-32-20-22)15-8-12-25(39)33-24(14-18-42-3)30(41)34-27/h4-6,10-11,19-21,24,27H,7-9,12-18H2,1-3H3,(H,31,32)(H,33,39)(H,34,41)/t24-,27+/m0/s1. The Hall–Kier alpha value is -3.67. The van der Waals surface area contributed by atoms with Crippen molar-refractivity contribution >= 4 is 29.5 Å². The first-order valence-electron chi connectivity index (χ1n) is 14.7. The Bertz CT molecular complexity index is 1300. The molecule has 2 atom stereocenters. The summed E-state index contributed by atoms with van der Waals surface area (Å²) in [5.74, 6) is 1.58. The molecule has 42 heavy (non-hydrogen) atoms. The lowest BCUT2D eigenvalue weighted by atomic mass is 10.0. The van der Waals surface area contributed by atoms with E-state index in [-0.39, 0.29) is 30.1 Å². The zero-order valence-corrected chi connectivity index (χ0v) is 25.5. The van der Waals surface area contributed by atoms with Gasteiger partial charge in [-0.2, -0.15) is 22.0 Å². The third-order valence-corrected chi connectivity index (χ3v) is 8.06. The first-order chi connectivity index (χ1) is 20.4. The van der Waals surface area contributed by atoms with Gasteiger partial charge in [0, 0.05) is 37.7 Å². The van der Waals surface area contributed by atoms with E-state index >= 15 is 0 Å². The number of amides is 3. The average Bonchev–Trinajstić information content (AvgIpc) is 3.66. The highest BCUT2D eigenvalue weighted by molar-refractivity contribution is 7.98. The summed E-state index contributed by atoms with van der Waals surface area (Å²) in [6.45, 7) is 5.35. The Balaban J connectivity index is 1.62. The van der Waals surface area contributed by atoms with Gasteiger partial charge in [0.2, 0.25) is 17.7 Å². The van der Waals surface area contributed by atoms with Crippen LogP contribution < -0.4 is 10.6 Å². The molecule has 12 heteroatoms. The molecule has 0 saturated heterocycles. The minimum absolute atomic E-state index is 0.00554. The molecule has 1 aliphatic heterocycles. The molecule has 226 valence electrons. The maximum atomic E-state index is 13.5. The summed E-state index contributed by atoms with van der Waals surface area (Å²) in [5, 5.41) is 17.8. The van der Waals surface area contributed by atoms with Gasteiger partial charge in [-0.15, -0.1) is 0 Å². The summed E-state index contributed by atoms with van der Waals surface area (Å²) in [7, 11) is 0. The number of benzene rings is 1. The second kappa shape index (κ2) is 15.5. The van der Waals surface area contributed by atoms with Crippen LogP contribution in [0.15, 0.2) is 42.7 Å². The lowest BCUT2D eigenvalue weighted by Crippen LogP contribution is -2.49. The van der Waals surface area contributed by atoms with E-state index in [9.17, 15) is 14.4 Å². The van der Waals surface area contributed by atoms with E-state index in [1.165, 1.54) is 0 Å². The smallest absolute Gasteiger partial charge is 0.243 e. The van der Waals surface area contributed by atoms with Crippen LogP contribution in [-0.2, 0) is 27.3 Å². The van der Waals surface area contributed by atoms with E-state index in [2.05, 4.69) is 20.8 Å². The van der Waals surface area contributed by atoms with Gasteiger partial charge in [-0.05, 0) is 49.2 Å². The minimum atomic E-state index is -0.653. The lowest BCUT2D eigenvalue weighted by Gasteiger charge is -2.28. The Labute approximate surface area is 251 Å². The van der Waals surface area contributed by atoms with Crippen LogP contribution in [0.3, 0.4) is 0 Å². The van der Waals surface area contributed by atoms with Crippen molar-refractivity contribution in [3.63, 3.8) is 0 Å². The van der Waals surface area contributed by atoms with Crippen molar-refractivity contribution < 1.29 is 14.4 Å². The van der Waals surface area contributed by atoms with Crippen molar-refractivity contribution in [2.75, 3.05) is 25.1 Å². The van der Waals surface area contributed by atoms with Gasteiger partial charge in [0.1, 0.15) is 6.04 Å². The van der Waals surface area contributed by atoms with Crippen molar-refractivity contribution in [1.82, 2.24) is 40.5 Å². The maximum absolute atomic E-state index is 13.5. The number of aryl methyl sites for hydroxylation is 1. The number of thioether (sulfide) groups is 1. The number of aromatic amines is 1. The topological polar surface area (TPSA) is 138 Å². The van der Waals surface area contributed by atoms with Gasteiger partial charge in [0.25, 0.3) is 0 Å². The van der Waals surface area contributed by atoms with Gasteiger partial charge in [-0.25, -0.2) is 9.67 Å². The summed E-state index contributed by atoms with van der Waals surface area (Å²) in [6, 6.07) is 8.65. The molecule has 3 amide bonds. The van der Waals surface area contributed by atoms with E-state index in [4.69, 9.17) is 10.1 Å². The van der Waals surface area contributed by atoms with Gasteiger partial charge in [0.05, 0.1) is 18.8 Å². The molecule has 1 aliphatic rings. The van der Waals surface area contributed by atoms with Gasteiger partial charge >= 0.3 is 0 Å². The highest BCUT2D eigenvalue weighted by Gasteiger charge is 2.30. The van der Waals surface area contributed by atoms with Gasteiger partial charge in [0.15, 0.2) is 11.6 Å². The van der Waals surface area contributed by atoms with Crippen LogP contribution in [0.4, 0.5) is 0 Å². The fourth-order valence-electron chi connectivity index (χ4n) is 5.04. The Kier molecular flexibility index (Phi) is 11.6. The fraction of sp³-hybridized carbons (Fsp3) is 0.533. The van der Waals surface area contributed by atoms with Crippen LogP contribution in [0.25, 0.3) is 11.4 Å². The average molecular weight is 595 g/mol. The number of H-pyrrole nitrogens is 1. The highest BCUT2D eigenvalue weighted by Crippen LogP contribution is 2.25. The molecule has 0 fully saturated rings. The van der Waals surface area contributed by atoms with Gasteiger partial charge in [-0.3, -0.25) is 19.5 Å². The summed E-state index contributed by atoms with van der Waals surface area (Å²) < 4.78 is 1.83. The van der Waals surface area contributed by atoms with Crippen LogP contribution in [0.1, 0.15) is 63.4 Å². The number of nitrogens with zero attached hydrogens (tertiary/aromatic N) is 5. The quantitative estimate of drug-likeness (QED) is 0.345. The SMILES string of the molecule is CSCC[C@@H]1NC(=O)CCCN(C(=O)CCCc2cn[nH]c2)CCn2nc(-c3ccccc3)nc2[C@@H](C(C)C)NC1=O. The van der Waals surface area contributed by atoms with Crippen molar-refractivity contribution in [3.8, 4) is 11.4 Å². The first-order valence-corrected chi connectivity index (χ1v) is 16.1. The summed E-state index contributed by atoms with van der Waals surface area (Å²) in [5.41, 5.74) is 1.94. The molecule has 0 aliphatic carbocycles. The van der Waals surface area contributed by atoms with Crippen LogP contribution in [0.2, 0.25) is 0 Å². The second-order valence-corrected chi connectivity index (χ2v) is 11.9. The van der Waals surface area contributed by atoms with Crippen molar-refractivity contribution in [3.05, 3.63) is 54.1 Å². The normalized spacial score (nSPS) is 18.7. The molecule has 0 unspecified atom stereocenters. The third-order valence-electron chi connectivity index (χ3n) is 7.41. The number of carbonyl (C=O) groups is 3. The second-order valence-electron chi connectivity index (χ2n) is 11.0. The fourth-order valence-corrected chi connectivity index (χ4v) is 5.51. The molecule has 11 nitrogen and oxygen atoms in total. The van der Waals surface area contributed by atoms with E-state index in [1.54, 1.807) is 18.0 Å². The summed E-state index contributed by atoms with van der Waals surface area (Å²) in [6.07, 6.45) is 8.74. The Morgan fingerprint density at radius 3 is 2.64 bits per heavy atom. The summed E-state index contributed by atoms with van der Waals surface area (Å²) >= 11 is 1.63. The van der Waals surface area contributed by atoms with Crippen LogP contribution in [0.5, 0.6) is 0 Å². The molecular weight excluding hydrogens is 552 g/mol. The van der Waals surface area contributed by atoms with Crippen molar-refractivity contribution in [1.29, 1.82) is 0 Å². The molecule has 0 spiro atoms. The number of hydrogen-bond donors (Lipinski definition) is 3. The van der Waals surface area contributed by atoms with E-state index < -0.39 is 12.1 Å². The molecule has 0 bridgehead atoms. The first kappa shape index (κ1) is 31.3. The van der Waals surface area contributed by atoms with E-state index in [0.29, 0.717) is 57.0 Å². The number of rotatable bonds is 9. The predicted octanol–water partition coefficient (Wildman–Crippen LogP) is 3.36. The van der Waals surface area contributed by atoms with Crippen molar-refractivity contribution in [2.45, 2.75) is 71.0 Å². The molecule has 3 aromatic rings. The summed E-state index contributed by atoms with van der Waals surface area (Å²) in [4.78, 5) is 46.5. The van der Waals surface area contributed by atoms with Crippen LogP contribution in [-0.4, -0.2) is 78.7 Å². The Morgan fingerprint density at radius 2 is 1.93 bits per heavy atom. The Morgan fingerprint density at radius 1 is 1.12 bits per heavy atom. The molecule has 3 heterocycles. The molecule has 4 rings (SSSR count). The maximum Gasteiger partial charge on any atom is 0.243 e. The number of fused-ring (bicyclic) bond motifs is 1. The lowest BCUT2D eigenvalue weighted by molar-refractivity contribution is -0.132. The predicted molar refractivity (Wildman–Crippen MR) is 163 cm³/mol. The van der Waals surface area contributed by atoms with E-state index in [0.717, 1.165) is 23.3 Å². The van der Waals surface area contributed by atoms with E-state index in [1.807, 2.05) is 66.2 Å². The molecule has 2 aromatic heterocycles. The monoisotopic (exact) mass is 594 g/mol. The largest absolute Gasteiger partial charge is 0.344 e.